The molecule has 9 heteroatoms. The Morgan fingerprint density at radius 2 is 1.89 bits per heavy atom. The number of aromatic nitrogens is 4. The van der Waals surface area contributed by atoms with E-state index >= 15 is 0 Å². The molecule has 8 nitrogen and oxygen atoms in total. The predicted molar refractivity (Wildman–Crippen MR) is 104 cm³/mol. The fourth-order valence-electron chi connectivity index (χ4n) is 2.54. The van der Waals surface area contributed by atoms with Gasteiger partial charge in [-0.15, -0.1) is 0 Å². The number of carbonyl (C=O) groups excluding carboxylic acids is 1. The zero-order chi connectivity index (χ0) is 19.5. The number of rotatable bonds is 5. The third-order valence-electron chi connectivity index (χ3n) is 3.93. The molecule has 0 aliphatic rings. The van der Waals surface area contributed by atoms with Crippen LogP contribution in [0.1, 0.15) is 16.1 Å². The van der Waals surface area contributed by atoms with E-state index in [-0.39, 0.29) is 23.9 Å². The summed E-state index contributed by atoms with van der Waals surface area (Å²) >= 11 is 5.83. The van der Waals surface area contributed by atoms with E-state index in [4.69, 9.17) is 16.3 Å². The van der Waals surface area contributed by atoms with E-state index in [2.05, 4.69) is 20.4 Å². The van der Waals surface area contributed by atoms with Gasteiger partial charge in [0.15, 0.2) is 0 Å². The minimum absolute atomic E-state index is 0.120. The summed E-state index contributed by atoms with van der Waals surface area (Å²) in [5.41, 5.74) is 1.34. The van der Waals surface area contributed by atoms with Crippen molar-refractivity contribution in [1.82, 2.24) is 19.6 Å². The highest BCUT2D eigenvalue weighted by Gasteiger charge is 2.07. The van der Waals surface area contributed by atoms with E-state index in [1.165, 1.54) is 16.9 Å². The summed E-state index contributed by atoms with van der Waals surface area (Å²) in [6.45, 7) is 0.120. The molecule has 4 rings (SSSR count). The molecule has 0 saturated carbocycles. The first-order valence-electron chi connectivity index (χ1n) is 8.30. The normalized spacial score (nSPS) is 10.8. The Hall–Kier alpha value is -3.65. The minimum atomic E-state index is -0.263. The van der Waals surface area contributed by atoms with Crippen molar-refractivity contribution in [3.05, 3.63) is 87.6 Å². The van der Waals surface area contributed by atoms with Crippen LogP contribution in [0.2, 0.25) is 5.02 Å². The number of ether oxygens (including phenoxy) is 1. The Morgan fingerprint density at radius 3 is 2.64 bits per heavy atom. The Bertz CT molecular complexity index is 1180. The Labute approximate surface area is 163 Å². The van der Waals surface area contributed by atoms with Crippen molar-refractivity contribution in [1.29, 1.82) is 0 Å². The van der Waals surface area contributed by atoms with Crippen molar-refractivity contribution in [2.45, 2.75) is 6.61 Å². The van der Waals surface area contributed by atoms with E-state index in [1.54, 1.807) is 48.5 Å². The molecule has 0 radical (unpaired) electrons. The van der Waals surface area contributed by atoms with Gasteiger partial charge < -0.3 is 10.1 Å². The second-order valence-corrected chi connectivity index (χ2v) is 6.32. The highest BCUT2D eigenvalue weighted by molar-refractivity contribution is 6.30. The molecule has 0 fully saturated rings. The molecule has 0 unspecified atom stereocenters. The number of carbonyl (C=O) groups is 1. The quantitative estimate of drug-likeness (QED) is 0.541. The van der Waals surface area contributed by atoms with Crippen LogP contribution in [-0.4, -0.2) is 25.5 Å². The zero-order valence-electron chi connectivity index (χ0n) is 14.4. The maximum Gasteiger partial charge on any atom is 0.274 e. The van der Waals surface area contributed by atoms with Gasteiger partial charge in [-0.25, -0.2) is 9.97 Å². The van der Waals surface area contributed by atoms with Crippen molar-refractivity contribution < 1.29 is 9.53 Å². The van der Waals surface area contributed by atoms with E-state index in [1.807, 2.05) is 0 Å². The molecule has 2 aromatic heterocycles. The average Bonchev–Trinajstić information content (AvgIpc) is 3.17. The fourth-order valence-corrected chi connectivity index (χ4v) is 2.66. The number of nitrogens with one attached hydrogen (secondary N) is 2. The zero-order valence-corrected chi connectivity index (χ0v) is 15.2. The number of aromatic amines is 1. The Balaban J connectivity index is 1.39. The molecule has 140 valence electrons. The molecule has 2 heterocycles. The number of benzene rings is 2. The minimum Gasteiger partial charge on any atom is -0.487 e. The maximum absolute atomic E-state index is 12.2. The van der Waals surface area contributed by atoms with E-state index in [0.717, 1.165) is 0 Å². The lowest BCUT2D eigenvalue weighted by Gasteiger charge is -2.08. The van der Waals surface area contributed by atoms with Crippen LogP contribution in [0.3, 0.4) is 0 Å². The van der Waals surface area contributed by atoms with E-state index in [0.29, 0.717) is 27.7 Å². The number of amides is 1. The molecule has 28 heavy (non-hydrogen) atoms. The topological polar surface area (TPSA) is 101 Å². The van der Waals surface area contributed by atoms with Crippen molar-refractivity contribution in [2.24, 2.45) is 0 Å². The van der Waals surface area contributed by atoms with Crippen molar-refractivity contribution in [3.8, 4) is 5.75 Å². The van der Waals surface area contributed by atoms with Gasteiger partial charge in [0, 0.05) is 22.3 Å². The summed E-state index contributed by atoms with van der Waals surface area (Å²) in [4.78, 5) is 32.3. The molecular weight excluding hydrogens is 382 g/mol. The van der Waals surface area contributed by atoms with Crippen LogP contribution in [0, 0.1) is 0 Å². The van der Waals surface area contributed by atoms with E-state index in [9.17, 15) is 9.59 Å². The SMILES string of the molecule is O=C(Nc1ccc(OCc2cc(=O)n3[nH]cnc3n2)cc1)c1ccc(Cl)cc1. The molecule has 0 spiro atoms. The predicted octanol–water partition coefficient (Wildman–Crippen LogP) is 2.90. The number of nitrogens with zero attached hydrogens (tertiary/aromatic N) is 3. The lowest BCUT2D eigenvalue weighted by molar-refractivity contribution is 0.102. The van der Waals surface area contributed by atoms with Gasteiger partial charge in [0.1, 0.15) is 18.7 Å². The molecule has 0 atom stereocenters. The lowest BCUT2D eigenvalue weighted by Crippen LogP contribution is -2.16. The summed E-state index contributed by atoms with van der Waals surface area (Å²) in [6.07, 6.45) is 1.39. The van der Waals surface area contributed by atoms with Crippen molar-refractivity contribution in [3.63, 3.8) is 0 Å². The van der Waals surface area contributed by atoms with Gasteiger partial charge in [-0.05, 0) is 48.5 Å². The molecule has 4 aromatic rings. The molecule has 0 bridgehead atoms. The maximum atomic E-state index is 12.2. The van der Waals surface area contributed by atoms with Gasteiger partial charge >= 0.3 is 0 Å². The van der Waals surface area contributed by atoms with Gasteiger partial charge in [0.05, 0.1) is 5.69 Å². The highest BCUT2D eigenvalue weighted by Crippen LogP contribution is 2.18. The monoisotopic (exact) mass is 395 g/mol. The van der Waals surface area contributed by atoms with Crippen molar-refractivity contribution >= 4 is 29.0 Å². The molecule has 0 aliphatic carbocycles. The first-order valence-corrected chi connectivity index (χ1v) is 8.68. The van der Waals surface area contributed by atoms with Gasteiger partial charge in [-0.3, -0.25) is 14.7 Å². The number of H-pyrrole nitrogens is 1. The summed E-state index contributed by atoms with van der Waals surface area (Å²) in [7, 11) is 0. The van der Waals surface area contributed by atoms with Gasteiger partial charge in [0.25, 0.3) is 17.2 Å². The number of halogens is 1. The third-order valence-corrected chi connectivity index (χ3v) is 4.18. The van der Waals surface area contributed by atoms with E-state index < -0.39 is 0 Å². The smallest absolute Gasteiger partial charge is 0.274 e. The molecular formula is C19H14ClN5O3. The molecule has 0 saturated heterocycles. The summed E-state index contributed by atoms with van der Waals surface area (Å²) < 4.78 is 6.89. The molecule has 2 N–H and O–H groups in total. The van der Waals surface area contributed by atoms with Crippen LogP contribution in [0.25, 0.3) is 5.78 Å². The number of fused-ring (bicyclic) bond motifs is 1. The molecule has 0 aliphatic heterocycles. The fraction of sp³-hybridized carbons (Fsp3) is 0.0526. The first-order chi connectivity index (χ1) is 13.6. The average molecular weight is 396 g/mol. The lowest BCUT2D eigenvalue weighted by atomic mass is 10.2. The Kier molecular flexibility index (Phi) is 4.77. The number of anilines is 1. The number of hydrogen-bond donors (Lipinski definition) is 2. The van der Waals surface area contributed by atoms with Gasteiger partial charge in [-0.2, -0.15) is 4.52 Å². The van der Waals surface area contributed by atoms with Crippen LogP contribution in [-0.2, 0) is 6.61 Å². The van der Waals surface area contributed by atoms with Gasteiger partial charge in [0.2, 0.25) is 0 Å². The van der Waals surface area contributed by atoms with Crippen LogP contribution < -0.4 is 15.6 Å². The summed E-state index contributed by atoms with van der Waals surface area (Å²) in [5.74, 6) is 0.627. The molecule has 1 amide bonds. The Morgan fingerprint density at radius 1 is 1.14 bits per heavy atom. The highest BCUT2D eigenvalue weighted by atomic mass is 35.5. The van der Waals surface area contributed by atoms with Crippen LogP contribution in [0.15, 0.2) is 65.7 Å². The van der Waals surface area contributed by atoms with Gasteiger partial charge in [-0.1, -0.05) is 11.6 Å². The van der Waals surface area contributed by atoms with Crippen LogP contribution in [0.5, 0.6) is 5.75 Å². The second-order valence-electron chi connectivity index (χ2n) is 5.88. The summed E-state index contributed by atoms with van der Waals surface area (Å²) in [5, 5.41) is 6.04. The van der Waals surface area contributed by atoms with Crippen molar-refractivity contribution in [2.75, 3.05) is 5.32 Å². The van der Waals surface area contributed by atoms with Crippen LogP contribution in [0.4, 0.5) is 5.69 Å². The largest absolute Gasteiger partial charge is 0.487 e. The standard InChI is InChI=1S/C19H14ClN5O3/c20-13-3-1-12(2-4-13)18(27)23-14-5-7-16(8-6-14)28-10-15-9-17(26)25-19(24-15)21-11-22-25/h1-9,11H,10H2,(H,23,27)(H,21,22,24). The number of hydrogen-bond acceptors (Lipinski definition) is 5. The first kappa shape index (κ1) is 17.7. The molecule has 2 aromatic carbocycles. The van der Waals surface area contributed by atoms with Crippen LogP contribution >= 0.6 is 11.6 Å². The summed E-state index contributed by atoms with van der Waals surface area (Å²) in [6, 6.07) is 14.9. The third kappa shape index (κ3) is 3.86. The second kappa shape index (κ2) is 7.53.